The van der Waals surface area contributed by atoms with Crippen LogP contribution in [-0.2, 0) is 30.4 Å². The number of rotatable bonds is 25. The molecule has 0 spiro atoms. The third-order valence-corrected chi connectivity index (χ3v) is 11.0. The van der Waals surface area contributed by atoms with E-state index < -0.39 is 72.6 Å². The molecule has 4 amide bonds. The molecule has 0 saturated carbocycles. The second kappa shape index (κ2) is 24.6. The Morgan fingerprint density at radius 1 is 0.881 bits per heavy atom. The van der Waals surface area contributed by atoms with Crippen LogP contribution in [0, 0.1) is 5.92 Å². The molecule has 1 aliphatic heterocycles. The van der Waals surface area contributed by atoms with Gasteiger partial charge in [-0.2, -0.15) is 0 Å². The molecule has 1 heterocycles. The largest absolute Gasteiger partial charge is 0.454 e. The van der Waals surface area contributed by atoms with E-state index in [1.165, 1.54) is 24.3 Å². The second-order valence-corrected chi connectivity index (χ2v) is 15.9. The Balaban J connectivity index is 1.57. The number of benzene rings is 2. The van der Waals surface area contributed by atoms with Gasteiger partial charge in [0.2, 0.25) is 17.7 Å². The highest BCUT2D eigenvalue weighted by Gasteiger charge is 2.40. The third kappa shape index (κ3) is 15.3. The second-order valence-electron chi connectivity index (χ2n) is 15.9. The molecule has 59 heavy (non-hydrogen) atoms. The maximum atomic E-state index is 13.6. The summed E-state index contributed by atoms with van der Waals surface area (Å²) in [6, 6.07) is 11.7. The summed E-state index contributed by atoms with van der Waals surface area (Å²) in [6.07, 6.45) is 3.09. The first-order valence-corrected chi connectivity index (χ1v) is 21.0. The molecule has 1 aliphatic rings. The van der Waals surface area contributed by atoms with Crippen molar-refractivity contribution in [2.24, 2.45) is 17.4 Å². The van der Waals surface area contributed by atoms with Gasteiger partial charge in [-0.05, 0) is 93.1 Å². The number of nitrogens with two attached hydrogens (primary N) is 2. The van der Waals surface area contributed by atoms with Crippen molar-refractivity contribution in [3.8, 4) is 11.1 Å². The Hall–Kier alpha value is -4.48. The first kappa shape index (κ1) is 48.9. The molecule has 7 atom stereocenters. The van der Waals surface area contributed by atoms with Crippen molar-refractivity contribution < 1.29 is 43.9 Å². The van der Waals surface area contributed by atoms with Crippen molar-refractivity contribution >= 4 is 42.3 Å². The lowest BCUT2D eigenvalue weighted by Gasteiger charge is -2.28. The number of carbonyl (C=O) groups is 6. The molecule has 0 radical (unpaired) electrons. The Bertz CT molecular complexity index is 1690. The number of aryl methyl sites for hydroxylation is 1. The van der Waals surface area contributed by atoms with Crippen LogP contribution in [0.4, 0.5) is 0 Å². The van der Waals surface area contributed by atoms with Gasteiger partial charge in [-0.3, -0.25) is 28.8 Å². The van der Waals surface area contributed by atoms with Crippen LogP contribution < -0.4 is 27.4 Å². The van der Waals surface area contributed by atoms with E-state index >= 15 is 0 Å². The Kier molecular flexibility index (Phi) is 20.4. The predicted molar refractivity (Wildman–Crippen MR) is 227 cm³/mol. The van der Waals surface area contributed by atoms with Crippen LogP contribution in [0.5, 0.6) is 0 Å². The van der Waals surface area contributed by atoms with E-state index in [-0.39, 0.29) is 63.3 Å². The van der Waals surface area contributed by atoms with Gasteiger partial charge in [-0.25, -0.2) is 0 Å². The summed E-state index contributed by atoms with van der Waals surface area (Å²) in [7, 11) is -1.70. The molecule has 10 N–H and O–H groups in total. The molecular weight excluding hydrogens is 755 g/mol. The first-order chi connectivity index (χ1) is 28.1. The summed E-state index contributed by atoms with van der Waals surface area (Å²) in [6.45, 7) is 7.18. The molecule has 0 unspecified atom stereocenters. The van der Waals surface area contributed by atoms with Gasteiger partial charge >= 0.3 is 7.12 Å². The van der Waals surface area contributed by atoms with Gasteiger partial charge in [0, 0.05) is 49.9 Å². The fourth-order valence-corrected chi connectivity index (χ4v) is 7.15. The molecule has 2 aromatic rings. The zero-order valence-electron chi connectivity index (χ0n) is 35.0. The lowest BCUT2D eigenvalue weighted by molar-refractivity contribution is -0.140. The van der Waals surface area contributed by atoms with Crippen molar-refractivity contribution in [3.63, 3.8) is 0 Å². The molecule has 16 heteroatoms. The summed E-state index contributed by atoms with van der Waals surface area (Å²) in [4.78, 5) is 81.2. The van der Waals surface area contributed by atoms with Crippen molar-refractivity contribution in [1.29, 1.82) is 0 Å². The number of likely N-dealkylation sites (tertiary alicyclic amines) is 1. The van der Waals surface area contributed by atoms with E-state index in [4.69, 9.17) is 11.5 Å². The van der Waals surface area contributed by atoms with Gasteiger partial charge in [-0.1, -0.05) is 63.6 Å². The summed E-state index contributed by atoms with van der Waals surface area (Å²) in [5.41, 5.74) is 15.5. The number of aliphatic hydroxyl groups excluding tert-OH is 1. The van der Waals surface area contributed by atoms with E-state index in [0.717, 1.165) is 30.4 Å². The Labute approximate surface area is 348 Å². The number of hydrogen-bond donors (Lipinski definition) is 8. The lowest BCUT2D eigenvalue weighted by Crippen LogP contribution is -2.54. The smallest absolute Gasteiger partial charge is 0.427 e. The van der Waals surface area contributed by atoms with Crippen LogP contribution >= 0.6 is 0 Å². The number of Topliss-reactive ketones (excluding diaryl/α,β-unsaturated/α-hetero) is 2. The molecule has 0 aliphatic carbocycles. The minimum atomic E-state index is -1.70. The van der Waals surface area contributed by atoms with Crippen molar-refractivity contribution in [1.82, 2.24) is 20.9 Å². The van der Waals surface area contributed by atoms with E-state index in [1.807, 2.05) is 12.1 Å². The van der Waals surface area contributed by atoms with Crippen LogP contribution in [0.1, 0.15) is 108 Å². The SMILES string of the molecule is CCCCc1ccc(-c2ccc(C(=O)NCCC(=O)N3C[C@@H](N)C[C@H]3C(=O)N[C@H](C(=O)C[C@@H](CC)C(=O)N[C@@H](CCCCN)C(=O)C[C@@H](C)B(O)O)[C@@H](C)O)cc2)cc1. The average Bonchev–Trinajstić information content (AvgIpc) is 3.62. The van der Waals surface area contributed by atoms with Gasteiger partial charge in [0.05, 0.1) is 12.1 Å². The number of nitrogens with zero attached hydrogens (tertiary/aromatic N) is 1. The van der Waals surface area contributed by atoms with Crippen molar-refractivity contribution in [3.05, 3.63) is 59.7 Å². The number of nitrogens with one attached hydrogen (secondary N) is 3. The van der Waals surface area contributed by atoms with Crippen LogP contribution in [0.2, 0.25) is 5.82 Å². The minimum absolute atomic E-state index is 0.00978. The normalized spacial score (nSPS) is 17.6. The topological polar surface area (TPSA) is 254 Å². The maximum absolute atomic E-state index is 13.6. The Morgan fingerprint density at radius 2 is 1.53 bits per heavy atom. The third-order valence-electron chi connectivity index (χ3n) is 11.0. The number of ketones is 2. The lowest BCUT2D eigenvalue weighted by atomic mass is 9.71. The van der Waals surface area contributed by atoms with Crippen LogP contribution in [0.3, 0.4) is 0 Å². The van der Waals surface area contributed by atoms with E-state index in [0.29, 0.717) is 24.9 Å². The minimum Gasteiger partial charge on any atom is -0.427 e. The molecule has 0 aromatic heterocycles. The molecule has 324 valence electrons. The van der Waals surface area contributed by atoms with Crippen LogP contribution in [-0.4, -0.2) is 112 Å². The van der Waals surface area contributed by atoms with E-state index in [2.05, 4.69) is 47.1 Å². The number of unbranched alkanes of at least 4 members (excludes halogenated alkanes) is 2. The van der Waals surface area contributed by atoms with E-state index in [9.17, 15) is 43.9 Å². The number of aliphatic hydroxyl groups is 1. The highest BCUT2D eigenvalue weighted by atomic mass is 16.4. The van der Waals surface area contributed by atoms with Gasteiger partial charge in [-0.15, -0.1) is 0 Å². The molecule has 3 rings (SSSR count). The quantitative estimate of drug-likeness (QED) is 0.0532. The summed E-state index contributed by atoms with van der Waals surface area (Å²) in [5.74, 6) is -4.67. The first-order valence-electron chi connectivity index (χ1n) is 21.0. The fourth-order valence-electron chi connectivity index (χ4n) is 7.15. The molecule has 0 bridgehead atoms. The Morgan fingerprint density at radius 3 is 2.10 bits per heavy atom. The van der Waals surface area contributed by atoms with Gasteiger partial charge in [0.1, 0.15) is 12.1 Å². The average molecular weight is 821 g/mol. The van der Waals surface area contributed by atoms with Gasteiger partial charge in [0.15, 0.2) is 11.6 Å². The highest BCUT2D eigenvalue weighted by Crippen LogP contribution is 2.23. The summed E-state index contributed by atoms with van der Waals surface area (Å²) >= 11 is 0. The van der Waals surface area contributed by atoms with Gasteiger partial charge in [0.25, 0.3) is 5.91 Å². The molecule has 1 fully saturated rings. The van der Waals surface area contributed by atoms with Gasteiger partial charge < -0.3 is 47.5 Å². The maximum Gasteiger partial charge on any atom is 0.454 e. The van der Waals surface area contributed by atoms with Crippen LogP contribution in [0.25, 0.3) is 11.1 Å². The van der Waals surface area contributed by atoms with Crippen LogP contribution in [0.15, 0.2) is 48.5 Å². The monoisotopic (exact) mass is 820 g/mol. The molecule has 1 saturated heterocycles. The fraction of sp³-hybridized carbons (Fsp3) is 0.581. The number of amides is 4. The number of hydrogen-bond acceptors (Lipinski definition) is 11. The molecular formula is C43H65BN6O9. The molecule has 15 nitrogen and oxygen atoms in total. The zero-order valence-corrected chi connectivity index (χ0v) is 35.0. The van der Waals surface area contributed by atoms with Crippen molar-refractivity contribution in [2.75, 3.05) is 19.6 Å². The van der Waals surface area contributed by atoms with E-state index in [1.54, 1.807) is 19.1 Å². The summed E-state index contributed by atoms with van der Waals surface area (Å²) < 4.78 is 0. The van der Waals surface area contributed by atoms with Crippen molar-refractivity contribution in [2.45, 2.75) is 134 Å². The highest BCUT2D eigenvalue weighted by molar-refractivity contribution is 6.43. The molecule has 2 aromatic carbocycles. The standard InChI is InChI=1S/C43H65BN6O9/c1-5-7-10-29-12-14-31(15-13-29)32-16-18-33(19-17-32)41(55)47-22-20-39(54)50-26-34(46)25-36(50)43(57)49-40(28(4)51)38(53)24-30(6-2)42(56)48-35(11-8-9-21-45)37(52)23-27(3)44(58)59/h12-19,27-28,30,34-36,40,51,58-59H,5-11,20-26,45-46H2,1-4H3,(H,47,55)(H,48,56)(H,49,57)/t27-,28-,30-,34+,35+,36+,40+/m1/s1. The zero-order chi connectivity index (χ0) is 43.6. The summed E-state index contributed by atoms with van der Waals surface area (Å²) in [5, 5.41) is 37.6. The predicted octanol–water partition coefficient (Wildman–Crippen LogP) is 2.03. The number of carbonyl (C=O) groups excluding carboxylic acids is 6.